The standard InChI is InChI=1S/C19H15N3OS/c1-2-23-18-6-4-3-5-15(18)11-16(12-20)19-22-17(13-24-19)14-7-9-21-10-8-14/h3-11,13H,2H2,1H3. The van der Waals surface area contributed by atoms with E-state index in [1.807, 2.05) is 54.8 Å². The van der Waals surface area contributed by atoms with Gasteiger partial charge in [-0.2, -0.15) is 5.26 Å². The minimum Gasteiger partial charge on any atom is -0.493 e. The number of hydrogen-bond acceptors (Lipinski definition) is 5. The summed E-state index contributed by atoms with van der Waals surface area (Å²) >= 11 is 1.45. The van der Waals surface area contributed by atoms with Crippen LogP contribution < -0.4 is 4.74 Å². The SMILES string of the molecule is CCOc1ccccc1C=C(C#N)c1nc(-c2ccncc2)cs1. The Balaban J connectivity index is 1.96. The Labute approximate surface area is 144 Å². The summed E-state index contributed by atoms with van der Waals surface area (Å²) in [6, 6.07) is 13.7. The lowest BCUT2D eigenvalue weighted by atomic mass is 10.1. The van der Waals surface area contributed by atoms with Gasteiger partial charge in [-0.05, 0) is 31.2 Å². The monoisotopic (exact) mass is 333 g/mol. The second-order valence-electron chi connectivity index (χ2n) is 4.91. The van der Waals surface area contributed by atoms with Crippen LogP contribution in [0.3, 0.4) is 0 Å². The van der Waals surface area contributed by atoms with E-state index in [1.54, 1.807) is 12.4 Å². The Morgan fingerprint density at radius 3 is 2.79 bits per heavy atom. The van der Waals surface area contributed by atoms with Gasteiger partial charge in [0.25, 0.3) is 0 Å². The molecule has 0 aliphatic heterocycles. The van der Waals surface area contributed by atoms with Gasteiger partial charge in [-0.3, -0.25) is 4.98 Å². The predicted octanol–water partition coefficient (Wildman–Crippen LogP) is 4.67. The lowest BCUT2D eigenvalue weighted by Gasteiger charge is -2.06. The number of nitrogens with zero attached hydrogens (tertiary/aromatic N) is 3. The molecular weight excluding hydrogens is 318 g/mol. The number of benzene rings is 1. The topological polar surface area (TPSA) is 58.8 Å². The number of pyridine rings is 1. The quantitative estimate of drug-likeness (QED) is 0.637. The number of thiazole rings is 1. The summed E-state index contributed by atoms with van der Waals surface area (Å²) in [6.07, 6.45) is 5.28. The number of hydrogen-bond donors (Lipinski definition) is 0. The number of aromatic nitrogens is 2. The average Bonchev–Trinajstić information content (AvgIpc) is 3.12. The zero-order chi connectivity index (χ0) is 16.8. The van der Waals surface area contributed by atoms with E-state index in [9.17, 15) is 5.26 Å². The number of rotatable bonds is 5. The van der Waals surface area contributed by atoms with Crippen molar-refractivity contribution in [2.24, 2.45) is 0 Å². The van der Waals surface area contributed by atoms with Crippen LogP contribution in [0.5, 0.6) is 5.75 Å². The van der Waals surface area contributed by atoms with E-state index in [-0.39, 0.29) is 0 Å². The molecule has 1 aromatic carbocycles. The van der Waals surface area contributed by atoms with E-state index in [1.165, 1.54) is 11.3 Å². The predicted molar refractivity (Wildman–Crippen MR) is 96.4 cm³/mol. The van der Waals surface area contributed by atoms with E-state index >= 15 is 0 Å². The van der Waals surface area contributed by atoms with Gasteiger partial charge < -0.3 is 4.74 Å². The maximum absolute atomic E-state index is 9.54. The first-order valence-electron chi connectivity index (χ1n) is 7.51. The molecule has 0 radical (unpaired) electrons. The van der Waals surface area contributed by atoms with Gasteiger partial charge in [0.15, 0.2) is 0 Å². The summed E-state index contributed by atoms with van der Waals surface area (Å²) in [5.74, 6) is 0.763. The Kier molecular flexibility index (Phi) is 4.99. The first kappa shape index (κ1) is 15.9. The van der Waals surface area contributed by atoms with Gasteiger partial charge in [0.1, 0.15) is 16.8 Å². The van der Waals surface area contributed by atoms with Crippen LogP contribution in [0.25, 0.3) is 22.9 Å². The molecule has 2 heterocycles. The second-order valence-corrected chi connectivity index (χ2v) is 5.77. The molecule has 0 fully saturated rings. The first-order valence-corrected chi connectivity index (χ1v) is 8.39. The van der Waals surface area contributed by atoms with Crippen molar-refractivity contribution >= 4 is 23.0 Å². The molecular formula is C19H15N3OS. The van der Waals surface area contributed by atoms with Gasteiger partial charge in [-0.25, -0.2) is 4.98 Å². The summed E-state index contributed by atoms with van der Waals surface area (Å²) < 4.78 is 5.61. The highest BCUT2D eigenvalue weighted by molar-refractivity contribution is 7.11. The molecule has 0 saturated heterocycles. The summed E-state index contributed by atoms with van der Waals surface area (Å²) in [6.45, 7) is 2.52. The molecule has 118 valence electrons. The molecule has 2 aromatic heterocycles. The average molecular weight is 333 g/mol. The molecule has 0 saturated carbocycles. The number of para-hydroxylation sites is 1. The first-order chi connectivity index (χ1) is 11.8. The molecule has 0 aliphatic carbocycles. The summed E-state index contributed by atoms with van der Waals surface area (Å²) in [7, 11) is 0. The fraction of sp³-hybridized carbons (Fsp3) is 0.105. The Bertz CT molecular complexity index is 894. The molecule has 24 heavy (non-hydrogen) atoms. The normalized spacial score (nSPS) is 11.1. The minimum absolute atomic E-state index is 0.521. The molecule has 0 aliphatic rings. The van der Waals surface area contributed by atoms with Crippen LogP contribution in [0.1, 0.15) is 17.5 Å². The van der Waals surface area contributed by atoms with Gasteiger partial charge in [0.05, 0.1) is 17.9 Å². The van der Waals surface area contributed by atoms with Crippen molar-refractivity contribution in [3.8, 4) is 23.1 Å². The van der Waals surface area contributed by atoms with E-state index in [0.717, 1.165) is 22.6 Å². The van der Waals surface area contributed by atoms with Crippen LogP contribution >= 0.6 is 11.3 Å². The van der Waals surface area contributed by atoms with Crippen molar-refractivity contribution in [3.05, 3.63) is 64.7 Å². The summed E-state index contributed by atoms with van der Waals surface area (Å²) in [5.41, 5.74) is 3.22. The molecule has 0 amide bonds. The van der Waals surface area contributed by atoms with Crippen molar-refractivity contribution in [1.82, 2.24) is 9.97 Å². The van der Waals surface area contributed by atoms with Gasteiger partial charge >= 0.3 is 0 Å². The number of nitriles is 1. The summed E-state index contributed by atoms with van der Waals surface area (Å²) in [5, 5.41) is 12.2. The van der Waals surface area contributed by atoms with Crippen LogP contribution in [0, 0.1) is 11.3 Å². The third kappa shape index (κ3) is 3.50. The largest absolute Gasteiger partial charge is 0.493 e. The Hall–Kier alpha value is -2.97. The number of ether oxygens (including phenoxy) is 1. The van der Waals surface area contributed by atoms with Gasteiger partial charge in [-0.15, -0.1) is 11.3 Å². The highest BCUT2D eigenvalue weighted by atomic mass is 32.1. The van der Waals surface area contributed by atoms with Crippen molar-refractivity contribution in [2.75, 3.05) is 6.61 Å². The molecule has 0 N–H and O–H groups in total. The molecule has 0 spiro atoms. The zero-order valence-corrected chi connectivity index (χ0v) is 14.0. The molecule has 3 aromatic rings. The van der Waals surface area contributed by atoms with Gasteiger partial charge in [0, 0.05) is 28.9 Å². The van der Waals surface area contributed by atoms with E-state index < -0.39 is 0 Å². The Morgan fingerprint density at radius 2 is 2.04 bits per heavy atom. The molecule has 3 rings (SSSR count). The third-order valence-corrected chi connectivity index (χ3v) is 4.23. The van der Waals surface area contributed by atoms with E-state index in [2.05, 4.69) is 16.0 Å². The smallest absolute Gasteiger partial charge is 0.134 e. The maximum Gasteiger partial charge on any atom is 0.134 e. The summed E-state index contributed by atoms with van der Waals surface area (Å²) in [4.78, 5) is 8.59. The van der Waals surface area contributed by atoms with Gasteiger partial charge in [-0.1, -0.05) is 18.2 Å². The molecule has 4 nitrogen and oxygen atoms in total. The van der Waals surface area contributed by atoms with Crippen LogP contribution in [0.2, 0.25) is 0 Å². The maximum atomic E-state index is 9.54. The molecule has 0 unspecified atom stereocenters. The molecule has 0 bridgehead atoms. The van der Waals surface area contributed by atoms with Crippen LogP contribution in [-0.2, 0) is 0 Å². The van der Waals surface area contributed by atoms with Crippen LogP contribution in [0.4, 0.5) is 0 Å². The van der Waals surface area contributed by atoms with E-state index in [0.29, 0.717) is 17.2 Å². The lowest BCUT2D eigenvalue weighted by Crippen LogP contribution is -1.93. The fourth-order valence-corrected chi connectivity index (χ4v) is 3.03. The highest BCUT2D eigenvalue weighted by Gasteiger charge is 2.10. The highest BCUT2D eigenvalue weighted by Crippen LogP contribution is 2.29. The minimum atomic E-state index is 0.521. The third-order valence-electron chi connectivity index (χ3n) is 3.35. The fourth-order valence-electron chi connectivity index (χ4n) is 2.24. The van der Waals surface area contributed by atoms with Crippen molar-refractivity contribution in [1.29, 1.82) is 5.26 Å². The van der Waals surface area contributed by atoms with Crippen molar-refractivity contribution < 1.29 is 4.74 Å². The molecule has 0 atom stereocenters. The molecule has 5 heteroatoms. The van der Waals surface area contributed by atoms with Crippen LogP contribution in [0.15, 0.2) is 54.2 Å². The second kappa shape index (κ2) is 7.53. The van der Waals surface area contributed by atoms with Crippen molar-refractivity contribution in [2.45, 2.75) is 6.92 Å². The Morgan fingerprint density at radius 1 is 1.25 bits per heavy atom. The van der Waals surface area contributed by atoms with Gasteiger partial charge in [0.2, 0.25) is 0 Å². The van der Waals surface area contributed by atoms with Crippen LogP contribution in [-0.4, -0.2) is 16.6 Å². The van der Waals surface area contributed by atoms with Crippen molar-refractivity contribution in [3.63, 3.8) is 0 Å². The van der Waals surface area contributed by atoms with E-state index in [4.69, 9.17) is 4.74 Å². The lowest BCUT2D eigenvalue weighted by molar-refractivity contribution is 0.339. The zero-order valence-electron chi connectivity index (χ0n) is 13.1. The number of allylic oxidation sites excluding steroid dienone is 1.